The number of ketones is 2. The van der Waals surface area contributed by atoms with Crippen LogP contribution in [0.5, 0.6) is 11.5 Å². The summed E-state index contributed by atoms with van der Waals surface area (Å²) in [7, 11) is -4.45. The van der Waals surface area contributed by atoms with Gasteiger partial charge in [0.1, 0.15) is 11.5 Å². The van der Waals surface area contributed by atoms with Gasteiger partial charge in [0.05, 0.1) is 0 Å². The van der Waals surface area contributed by atoms with Gasteiger partial charge >= 0.3 is 7.82 Å². The molecule has 9 heteroatoms. The Morgan fingerprint density at radius 2 is 1.03 bits per heavy atom. The second-order valence-corrected chi connectivity index (χ2v) is 10.3. The number of nitrogens with two attached hydrogens (primary N) is 2. The third-order valence-corrected chi connectivity index (χ3v) is 6.87. The molecule has 0 saturated heterocycles. The Labute approximate surface area is 226 Å². The summed E-state index contributed by atoms with van der Waals surface area (Å²) in [5.41, 5.74) is 15.4. The highest BCUT2D eigenvalue weighted by Gasteiger charge is 2.25. The van der Waals surface area contributed by atoms with Gasteiger partial charge < -0.3 is 20.5 Å². The number of hydrogen-bond acceptors (Lipinski definition) is 7. The summed E-state index contributed by atoms with van der Waals surface area (Å²) in [6.45, 7) is 0. The van der Waals surface area contributed by atoms with E-state index in [9.17, 15) is 19.0 Å². The lowest BCUT2D eigenvalue weighted by molar-refractivity contribution is 0.0975. The first-order valence-electron chi connectivity index (χ1n) is 12.3. The Hall–Kier alpha value is -4.39. The molecule has 0 aliphatic carbocycles. The Morgan fingerprint density at radius 3 is 1.38 bits per heavy atom. The van der Waals surface area contributed by atoms with Crippen molar-refractivity contribution in [2.75, 3.05) is 11.5 Å². The average Bonchev–Trinajstić information content (AvgIpc) is 2.91. The van der Waals surface area contributed by atoms with Gasteiger partial charge in [0.2, 0.25) is 0 Å². The summed E-state index contributed by atoms with van der Waals surface area (Å²) in [6.07, 6.45) is 1.60. The second-order valence-electron chi connectivity index (χ2n) is 9.04. The molecule has 0 aromatic heterocycles. The maximum absolute atomic E-state index is 12.5. The van der Waals surface area contributed by atoms with Crippen LogP contribution in [0.25, 0.3) is 0 Å². The van der Waals surface area contributed by atoms with Crippen molar-refractivity contribution in [3.05, 3.63) is 119 Å². The van der Waals surface area contributed by atoms with Crippen molar-refractivity contribution >= 4 is 30.8 Å². The molecule has 8 nitrogen and oxygen atoms in total. The lowest BCUT2D eigenvalue weighted by Gasteiger charge is -2.14. The fourth-order valence-corrected chi connectivity index (χ4v) is 4.76. The number of Topliss-reactive ketones (excluding diaryl/α,β-unsaturated/α-hetero) is 2. The van der Waals surface area contributed by atoms with E-state index in [1.165, 1.54) is 0 Å². The van der Waals surface area contributed by atoms with Crippen molar-refractivity contribution in [1.29, 1.82) is 0 Å². The minimum absolute atomic E-state index is 0.0186. The molecular formula is C30H29N2O6P. The van der Waals surface area contributed by atoms with E-state index in [0.717, 1.165) is 11.1 Å². The standard InChI is InChI=1S/C30H29N2O6P/c31-25-5-1-3-23(19-25)29(33)17-11-21-7-13-27(14-8-21)37-39(35,36)38-28-15-9-22(10-16-28)12-18-30(34)24-4-2-6-26(32)20-24/h1-10,13-16,19-20H,11-12,17-18,31-32H2,(H,35,36). The van der Waals surface area contributed by atoms with Crippen LogP contribution in [-0.2, 0) is 17.4 Å². The Balaban J connectivity index is 1.26. The molecule has 0 saturated carbocycles. The molecule has 0 aliphatic rings. The van der Waals surface area contributed by atoms with E-state index in [0.29, 0.717) is 48.2 Å². The SMILES string of the molecule is Nc1cccc(C(=O)CCc2ccc(OP(=O)(O)Oc3ccc(CCC(=O)c4cccc(N)c4)cc3)cc2)c1. The zero-order valence-electron chi connectivity index (χ0n) is 21.2. The van der Waals surface area contributed by atoms with Crippen molar-refractivity contribution < 1.29 is 28.1 Å². The fourth-order valence-electron chi connectivity index (χ4n) is 3.95. The molecule has 0 fully saturated rings. The first kappa shape index (κ1) is 27.6. The fraction of sp³-hybridized carbons (Fsp3) is 0.133. The van der Waals surface area contributed by atoms with Crippen LogP contribution in [0.1, 0.15) is 44.7 Å². The molecule has 0 heterocycles. The Bertz CT molecular complexity index is 1390. The highest BCUT2D eigenvalue weighted by molar-refractivity contribution is 7.48. The van der Waals surface area contributed by atoms with Crippen LogP contribution in [0.3, 0.4) is 0 Å². The third-order valence-electron chi connectivity index (χ3n) is 5.99. The van der Waals surface area contributed by atoms with E-state index in [2.05, 4.69) is 0 Å². The molecule has 0 radical (unpaired) electrons. The summed E-state index contributed by atoms with van der Waals surface area (Å²) in [5, 5.41) is 0. The summed E-state index contributed by atoms with van der Waals surface area (Å²) >= 11 is 0. The summed E-state index contributed by atoms with van der Waals surface area (Å²) in [6, 6.07) is 26.8. The van der Waals surface area contributed by atoms with E-state index < -0.39 is 7.82 Å². The molecule has 0 atom stereocenters. The molecule has 4 aromatic rings. The van der Waals surface area contributed by atoms with Gasteiger partial charge in [0, 0.05) is 35.3 Å². The van der Waals surface area contributed by atoms with Crippen molar-refractivity contribution in [2.45, 2.75) is 25.7 Å². The highest BCUT2D eigenvalue weighted by atomic mass is 31.2. The number of phosphoric ester groups is 1. The van der Waals surface area contributed by atoms with Crippen molar-refractivity contribution in [2.24, 2.45) is 0 Å². The number of phosphoric acid groups is 1. The van der Waals surface area contributed by atoms with Gasteiger partial charge in [-0.3, -0.25) is 14.5 Å². The lowest BCUT2D eigenvalue weighted by Crippen LogP contribution is -2.03. The zero-order chi connectivity index (χ0) is 27.8. The number of nitrogen functional groups attached to an aromatic ring is 2. The van der Waals surface area contributed by atoms with Crippen LogP contribution >= 0.6 is 7.82 Å². The lowest BCUT2D eigenvalue weighted by atomic mass is 10.0. The minimum Gasteiger partial charge on any atom is -0.399 e. The Kier molecular flexibility index (Phi) is 8.81. The monoisotopic (exact) mass is 544 g/mol. The molecule has 4 aromatic carbocycles. The average molecular weight is 545 g/mol. The largest absolute Gasteiger partial charge is 0.584 e. The number of anilines is 2. The zero-order valence-corrected chi connectivity index (χ0v) is 22.1. The van der Waals surface area contributed by atoms with Gasteiger partial charge in [0.15, 0.2) is 11.6 Å². The summed E-state index contributed by atoms with van der Waals surface area (Å²) in [4.78, 5) is 35.0. The van der Waals surface area contributed by atoms with Gasteiger partial charge in [-0.2, -0.15) is 0 Å². The van der Waals surface area contributed by atoms with E-state index in [-0.39, 0.29) is 23.1 Å². The van der Waals surface area contributed by atoms with Crippen LogP contribution in [0, 0.1) is 0 Å². The molecule has 4 rings (SSSR count). The predicted molar refractivity (Wildman–Crippen MR) is 151 cm³/mol. The summed E-state index contributed by atoms with van der Waals surface area (Å²) < 4.78 is 22.9. The molecule has 0 unspecified atom stereocenters. The predicted octanol–water partition coefficient (Wildman–Crippen LogP) is 6.04. The van der Waals surface area contributed by atoms with Gasteiger partial charge in [0.25, 0.3) is 0 Å². The van der Waals surface area contributed by atoms with Crippen molar-refractivity contribution in [1.82, 2.24) is 0 Å². The van der Waals surface area contributed by atoms with Gasteiger partial charge in [-0.05, 0) is 72.5 Å². The number of rotatable bonds is 12. The molecule has 0 bridgehead atoms. The first-order chi connectivity index (χ1) is 18.7. The van der Waals surface area contributed by atoms with Crippen LogP contribution in [0.15, 0.2) is 97.1 Å². The molecular weight excluding hydrogens is 515 g/mol. The maximum atomic E-state index is 12.5. The van der Waals surface area contributed by atoms with E-state index in [1.54, 1.807) is 97.1 Å². The highest BCUT2D eigenvalue weighted by Crippen LogP contribution is 2.44. The maximum Gasteiger partial charge on any atom is 0.584 e. The van der Waals surface area contributed by atoms with E-state index >= 15 is 0 Å². The minimum atomic E-state index is -4.45. The van der Waals surface area contributed by atoms with Crippen molar-refractivity contribution in [3.63, 3.8) is 0 Å². The topological polar surface area (TPSA) is 142 Å². The molecule has 200 valence electrons. The molecule has 0 aliphatic heterocycles. The number of carbonyl (C=O) groups is 2. The van der Waals surface area contributed by atoms with E-state index in [1.807, 2.05) is 0 Å². The van der Waals surface area contributed by atoms with Crippen LogP contribution in [0.4, 0.5) is 11.4 Å². The van der Waals surface area contributed by atoms with Crippen LogP contribution in [-0.4, -0.2) is 16.5 Å². The number of aryl methyl sites for hydroxylation is 2. The van der Waals surface area contributed by atoms with E-state index in [4.69, 9.17) is 20.5 Å². The van der Waals surface area contributed by atoms with Gasteiger partial charge in [-0.1, -0.05) is 48.5 Å². The molecule has 39 heavy (non-hydrogen) atoms. The van der Waals surface area contributed by atoms with Crippen LogP contribution in [0.2, 0.25) is 0 Å². The second kappa shape index (κ2) is 12.4. The number of carbonyl (C=O) groups excluding carboxylic acids is 2. The quantitative estimate of drug-likeness (QED) is 0.111. The number of hydrogen-bond donors (Lipinski definition) is 3. The van der Waals surface area contributed by atoms with Gasteiger partial charge in [-0.15, -0.1) is 0 Å². The van der Waals surface area contributed by atoms with Crippen molar-refractivity contribution in [3.8, 4) is 11.5 Å². The molecule has 5 N–H and O–H groups in total. The number of benzene rings is 4. The third kappa shape index (κ3) is 8.30. The Morgan fingerprint density at radius 1 is 0.641 bits per heavy atom. The summed E-state index contributed by atoms with van der Waals surface area (Å²) in [5.74, 6) is 0.275. The smallest absolute Gasteiger partial charge is 0.399 e. The van der Waals surface area contributed by atoms with Crippen LogP contribution < -0.4 is 20.5 Å². The molecule has 0 spiro atoms. The molecule has 0 amide bonds. The first-order valence-corrected chi connectivity index (χ1v) is 13.8. The normalized spacial score (nSPS) is 11.1. The van der Waals surface area contributed by atoms with Gasteiger partial charge in [-0.25, -0.2) is 4.57 Å².